The molecule has 4 fully saturated rings. The van der Waals surface area contributed by atoms with Crippen LogP contribution in [0.3, 0.4) is 0 Å². The van der Waals surface area contributed by atoms with Gasteiger partial charge in [-0.15, -0.1) is 0 Å². The number of aromatic nitrogens is 1. The number of hydrazine groups is 1. The number of amides is 2. The molecule has 4 unspecified atom stereocenters. The Labute approximate surface area is 271 Å². The van der Waals surface area contributed by atoms with E-state index in [1.54, 1.807) is 12.1 Å². The highest BCUT2D eigenvalue weighted by Crippen LogP contribution is 2.41. The number of likely N-dealkylation sites (tertiary alicyclic amines) is 1. The quantitative estimate of drug-likeness (QED) is 0.269. The molecular weight excluding hydrogens is 587 g/mol. The molecule has 3 heterocycles. The van der Waals surface area contributed by atoms with Crippen molar-refractivity contribution in [2.45, 2.75) is 95.4 Å². The molecule has 2 aliphatic carbocycles. The van der Waals surface area contributed by atoms with Gasteiger partial charge in [0.05, 0.1) is 25.8 Å². The molecule has 2 aliphatic heterocycles. The van der Waals surface area contributed by atoms with Gasteiger partial charge < -0.3 is 20.5 Å². The third-order valence-electron chi connectivity index (χ3n) is 11.0. The molecule has 10 nitrogen and oxygen atoms in total. The summed E-state index contributed by atoms with van der Waals surface area (Å²) in [5.41, 5.74) is 9.21. The van der Waals surface area contributed by atoms with E-state index in [0.29, 0.717) is 43.3 Å². The molecule has 11 heteroatoms. The van der Waals surface area contributed by atoms with Crippen LogP contribution in [0.4, 0.5) is 4.39 Å². The molecule has 2 saturated heterocycles. The van der Waals surface area contributed by atoms with Crippen LogP contribution in [0.5, 0.6) is 5.75 Å². The van der Waals surface area contributed by atoms with E-state index < -0.39 is 6.04 Å². The predicted octanol–water partition coefficient (Wildman–Crippen LogP) is 3.29. The number of hydrogen-bond acceptors (Lipinski definition) is 8. The van der Waals surface area contributed by atoms with E-state index in [1.165, 1.54) is 18.7 Å². The van der Waals surface area contributed by atoms with Crippen molar-refractivity contribution in [3.8, 4) is 5.75 Å². The van der Waals surface area contributed by atoms with Gasteiger partial charge in [-0.25, -0.2) is 9.82 Å². The van der Waals surface area contributed by atoms with Gasteiger partial charge in [-0.3, -0.25) is 24.9 Å². The Morgan fingerprint density at radius 2 is 1.96 bits per heavy atom. The molecule has 4 aliphatic rings. The third kappa shape index (κ3) is 7.07. The van der Waals surface area contributed by atoms with E-state index in [0.717, 1.165) is 50.6 Å². The number of carbonyl (C=O) groups excluding carboxylic acids is 2. The van der Waals surface area contributed by atoms with Crippen LogP contribution in [0.15, 0.2) is 36.5 Å². The molecule has 2 amide bonds. The van der Waals surface area contributed by atoms with E-state index >= 15 is 4.39 Å². The Bertz CT molecular complexity index is 1390. The lowest BCUT2D eigenvalue weighted by Crippen LogP contribution is -2.57. The summed E-state index contributed by atoms with van der Waals surface area (Å²) in [6.45, 7) is 3.09. The molecule has 0 bridgehead atoms. The normalized spacial score (nSPS) is 29.2. The molecule has 250 valence electrons. The van der Waals surface area contributed by atoms with Gasteiger partial charge in [0, 0.05) is 60.5 Å². The lowest BCUT2D eigenvalue weighted by molar-refractivity contribution is -0.130. The maximum Gasteiger partial charge on any atom is 0.237 e. The highest BCUT2D eigenvalue weighted by molar-refractivity contribution is 5.82. The first-order valence-corrected chi connectivity index (χ1v) is 17.0. The largest absolute Gasteiger partial charge is 0.496 e. The SMILES string of the molecule is COc1cccc(F)c1CN1C[C@H](NC(=O)C2CCC3NNC(c4ccnc(C)c4)C3C2)CC[C@H]1C(=O)NCC1(CO)CCCC1. The molecule has 6 atom stereocenters. The van der Waals surface area contributed by atoms with Gasteiger partial charge in [-0.2, -0.15) is 0 Å². The van der Waals surface area contributed by atoms with Crippen LogP contribution in [0.25, 0.3) is 0 Å². The summed E-state index contributed by atoms with van der Waals surface area (Å²) in [5, 5.41) is 16.5. The van der Waals surface area contributed by atoms with Crippen molar-refractivity contribution >= 4 is 11.8 Å². The first-order valence-electron chi connectivity index (χ1n) is 17.0. The highest BCUT2D eigenvalue weighted by Gasteiger charge is 2.44. The zero-order valence-corrected chi connectivity index (χ0v) is 27.1. The van der Waals surface area contributed by atoms with Crippen molar-refractivity contribution < 1.29 is 23.8 Å². The Morgan fingerprint density at radius 3 is 2.72 bits per heavy atom. The second kappa shape index (κ2) is 14.3. The Kier molecular flexibility index (Phi) is 10.2. The number of aliphatic hydroxyl groups excluding tert-OH is 1. The lowest BCUT2D eigenvalue weighted by Gasteiger charge is -2.40. The average molecular weight is 637 g/mol. The standard InChI is InChI=1S/C35H49FN6O4/c1-22-16-23(12-15-37-22)32-26-17-24(8-10-29(26)40-41-32)33(44)39-25-9-11-30(34(45)38-20-35(21-43)13-3-4-14-35)42(18-25)19-27-28(36)6-5-7-31(27)46-2/h5-7,12,15-16,24-26,29-30,32,40-41,43H,3-4,8-11,13-14,17-21H2,1-2H3,(H,38,45)(H,39,44)/t24?,25-,26?,29?,30+,32?/m1/s1. The lowest BCUT2D eigenvalue weighted by atomic mass is 9.74. The smallest absolute Gasteiger partial charge is 0.237 e. The number of nitrogens with one attached hydrogen (secondary N) is 4. The van der Waals surface area contributed by atoms with E-state index in [-0.39, 0.29) is 60.1 Å². The highest BCUT2D eigenvalue weighted by atomic mass is 19.1. The van der Waals surface area contributed by atoms with Gasteiger partial charge >= 0.3 is 0 Å². The predicted molar refractivity (Wildman–Crippen MR) is 172 cm³/mol. The summed E-state index contributed by atoms with van der Waals surface area (Å²) in [7, 11) is 1.52. The Hall–Kier alpha value is -3.12. The average Bonchev–Trinajstić information content (AvgIpc) is 3.72. The van der Waals surface area contributed by atoms with Crippen LogP contribution in [-0.4, -0.2) is 71.7 Å². The second-order valence-electron chi connectivity index (χ2n) is 14.0. The first kappa shape index (κ1) is 32.8. The Balaban J connectivity index is 1.13. The number of pyridine rings is 1. The number of aliphatic hydroxyl groups is 1. The van der Waals surface area contributed by atoms with Crippen molar-refractivity contribution in [3.63, 3.8) is 0 Å². The van der Waals surface area contributed by atoms with Crippen molar-refractivity contribution in [3.05, 3.63) is 59.2 Å². The maximum atomic E-state index is 15.1. The minimum atomic E-state index is -0.481. The summed E-state index contributed by atoms with van der Waals surface area (Å²) in [4.78, 5) is 33.7. The molecule has 2 saturated carbocycles. The van der Waals surface area contributed by atoms with Crippen LogP contribution in [0.2, 0.25) is 0 Å². The van der Waals surface area contributed by atoms with Crippen molar-refractivity contribution in [2.75, 3.05) is 26.8 Å². The zero-order valence-electron chi connectivity index (χ0n) is 27.1. The van der Waals surface area contributed by atoms with Gasteiger partial charge in [0.2, 0.25) is 11.8 Å². The Morgan fingerprint density at radius 1 is 1.13 bits per heavy atom. The number of carbonyl (C=O) groups is 2. The molecule has 0 spiro atoms. The molecule has 1 aromatic heterocycles. The van der Waals surface area contributed by atoms with Gasteiger partial charge in [0.15, 0.2) is 0 Å². The fourth-order valence-corrected chi connectivity index (χ4v) is 8.33. The van der Waals surface area contributed by atoms with Gasteiger partial charge in [-0.1, -0.05) is 18.9 Å². The number of rotatable bonds is 10. The van der Waals surface area contributed by atoms with E-state index in [4.69, 9.17) is 4.74 Å². The van der Waals surface area contributed by atoms with Crippen LogP contribution in [0, 0.1) is 30.0 Å². The van der Waals surface area contributed by atoms with Crippen molar-refractivity contribution in [1.29, 1.82) is 0 Å². The third-order valence-corrected chi connectivity index (χ3v) is 11.0. The van der Waals surface area contributed by atoms with Gasteiger partial charge in [0.25, 0.3) is 0 Å². The van der Waals surface area contributed by atoms with Gasteiger partial charge in [0.1, 0.15) is 11.6 Å². The van der Waals surface area contributed by atoms with Crippen LogP contribution in [0.1, 0.15) is 80.7 Å². The van der Waals surface area contributed by atoms with Crippen LogP contribution < -0.4 is 26.2 Å². The monoisotopic (exact) mass is 636 g/mol. The minimum Gasteiger partial charge on any atom is -0.496 e. The number of ether oxygens (including phenoxy) is 1. The molecule has 6 rings (SSSR count). The van der Waals surface area contributed by atoms with Crippen molar-refractivity contribution in [1.82, 2.24) is 31.4 Å². The number of nitrogens with zero attached hydrogens (tertiary/aromatic N) is 2. The molecule has 1 aromatic carbocycles. The molecule has 46 heavy (non-hydrogen) atoms. The summed E-state index contributed by atoms with van der Waals surface area (Å²) in [5.74, 6) is 0.178. The van der Waals surface area contributed by atoms with E-state index in [9.17, 15) is 14.7 Å². The topological polar surface area (TPSA) is 128 Å². The van der Waals surface area contributed by atoms with Gasteiger partial charge in [-0.05, 0) is 87.6 Å². The molecular formula is C35H49FN6O4. The summed E-state index contributed by atoms with van der Waals surface area (Å²) in [6.07, 6.45) is 9.44. The minimum absolute atomic E-state index is 0.0532. The molecule has 0 radical (unpaired) electrons. The first-order chi connectivity index (χ1) is 22.3. The summed E-state index contributed by atoms with van der Waals surface area (Å²) in [6, 6.07) is 8.70. The summed E-state index contributed by atoms with van der Waals surface area (Å²) >= 11 is 0. The molecule has 5 N–H and O–H groups in total. The van der Waals surface area contributed by atoms with Crippen molar-refractivity contribution in [2.24, 2.45) is 17.3 Å². The number of hydrogen-bond donors (Lipinski definition) is 5. The number of benzene rings is 1. The number of methoxy groups -OCH3 is 1. The molecule has 2 aromatic rings. The van der Waals surface area contributed by atoms with Crippen LogP contribution in [-0.2, 0) is 16.1 Å². The second-order valence-corrected chi connectivity index (χ2v) is 14.0. The fraction of sp³-hybridized carbons (Fsp3) is 0.629. The van der Waals surface area contributed by atoms with Crippen LogP contribution >= 0.6 is 0 Å². The summed E-state index contributed by atoms with van der Waals surface area (Å²) < 4.78 is 20.6. The van der Waals surface area contributed by atoms with E-state index in [2.05, 4.69) is 32.5 Å². The fourth-order valence-electron chi connectivity index (χ4n) is 8.33. The zero-order chi connectivity index (χ0) is 32.3. The number of piperidine rings is 1. The number of aryl methyl sites for hydroxylation is 1. The number of fused-ring (bicyclic) bond motifs is 1. The number of halogens is 1. The maximum absolute atomic E-state index is 15.1. The van der Waals surface area contributed by atoms with E-state index in [1.807, 2.05) is 24.1 Å².